The normalized spacial score (nSPS) is 10.5. The molecule has 0 radical (unpaired) electrons. The molecule has 0 fully saturated rings. The van der Waals surface area contributed by atoms with E-state index >= 15 is 0 Å². The van der Waals surface area contributed by atoms with Crippen molar-refractivity contribution in [3.8, 4) is 11.8 Å². The summed E-state index contributed by atoms with van der Waals surface area (Å²) in [5.41, 5.74) is 0.646. The predicted octanol–water partition coefficient (Wildman–Crippen LogP) is 5.31. The minimum Gasteiger partial charge on any atom is -0.495 e. The van der Waals surface area contributed by atoms with Crippen LogP contribution >= 0.6 is 23.2 Å². The second-order valence-electron chi connectivity index (χ2n) is 7.60. The molecule has 3 rings (SSSR count). The van der Waals surface area contributed by atoms with E-state index in [0.717, 1.165) is 0 Å². The number of benzene rings is 3. The Labute approximate surface area is 212 Å². The van der Waals surface area contributed by atoms with Gasteiger partial charge in [0.1, 0.15) is 18.4 Å². The van der Waals surface area contributed by atoms with E-state index in [2.05, 4.69) is 6.07 Å². The van der Waals surface area contributed by atoms with Crippen LogP contribution in [0.2, 0.25) is 10.0 Å². The summed E-state index contributed by atoms with van der Waals surface area (Å²) in [7, 11) is 2.60. The molecule has 35 heavy (non-hydrogen) atoms. The standard InChI is InChI=1S/C26H22Cl2N2O5/c1-34-22(32)15-30(12-6-11-21(31)19-9-5-10-20(27)24(19)28)26(33)23-18-8-4-3-7-16(18)13-17(14-29)25(23)35-2/h3-5,7-10,13H,6,11-12,15H2,1-2H3. The van der Waals surface area contributed by atoms with Gasteiger partial charge in [-0.1, -0.05) is 53.5 Å². The van der Waals surface area contributed by atoms with Crippen molar-refractivity contribution in [3.63, 3.8) is 0 Å². The van der Waals surface area contributed by atoms with Gasteiger partial charge < -0.3 is 14.4 Å². The first-order valence-corrected chi connectivity index (χ1v) is 11.4. The molecular formula is C26H22Cl2N2O5. The zero-order chi connectivity index (χ0) is 25.5. The average Bonchev–Trinajstić information content (AvgIpc) is 2.87. The number of hydrogen-bond acceptors (Lipinski definition) is 6. The average molecular weight is 513 g/mol. The summed E-state index contributed by atoms with van der Waals surface area (Å²) in [5.74, 6) is -1.26. The fraction of sp³-hybridized carbons (Fsp3) is 0.231. The Morgan fingerprint density at radius 2 is 1.80 bits per heavy atom. The van der Waals surface area contributed by atoms with Gasteiger partial charge in [0.15, 0.2) is 5.78 Å². The molecule has 1 amide bonds. The molecule has 180 valence electrons. The number of halogens is 2. The molecule has 0 bridgehead atoms. The number of esters is 1. The molecule has 0 aromatic heterocycles. The lowest BCUT2D eigenvalue weighted by Gasteiger charge is -2.24. The first-order valence-electron chi connectivity index (χ1n) is 10.7. The zero-order valence-corrected chi connectivity index (χ0v) is 20.7. The Morgan fingerprint density at radius 3 is 2.49 bits per heavy atom. The third-order valence-corrected chi connectivity index (χ3v) is 6.28. The summed E-state index contributed by atoms with van der Waals surface area (Å²) in [5, 5.41) is 11.3. The number of nitriles is 1. The molecule has 3 aromatic rings. The number of nitrogens with zero attached hydrogens (tertiary/aromatic N) is 2. The molecule has 0 spiro atoms. The Bertz CT molecular complexity index is 1330. The molecule has 0 N–H and O–H groups in total. The van der Waals surface area contributed by atoms with Crippen molar-refractivity contribution in [1.29, 1.82) is 5.26 Å². The summed E-state index contributed by atoms with van der Waals surface area (Å²) in [6.45, 7) is -0.262. The van der Waals surface area contributed by atoms with Crippen molar-refractivity contribution < 1.29 is 23.9 Å². The van der Waals surface area contributed by atoms with Gasteiger partial charge in [0.25, 0.3) is 5.91 Å². The quantitative estimate of drug-likeness (QED) is 0.284. The van der Waals surface area contributed by atoms with E-state index in [1.54, 1.807) is 48.5 Å². The third-order valence-electron chi connectivity index (χ3n) is 5.46. The maximum atomic E-state index is 13.7. The van der Waals surface area contributed by atoms with Gasteiger partial charge >= 0.3 is 5.97 Å². The monoisotopic (exact) mass is 512 g/mol. The van der Waals surface area contributed by atoms with E-state index in [0.29, 0.717) is 16.3 Å². The van der Waals surface area contributed by atoms with Gasteiger partial charge in [0, 0.05) is 18.5 Å². The molecular weight excluding hydrogens is 491 g/mol. The molecule has 9 heteroatoms. The van der Waals surface area contributed by atoms with Gasteiger partial charge in [0.2, 0.25) is 0 Å². The van der Waals surface area contributed by atoms with Gasteiger partial charge in [-0.05, 0) is 35.4 Å². The fourth-order valence-corrected chi connectivity index (χ4v) is 4.16. The molecule has 0 atom stereocenters. The number of amides is 1. The highest BCUT2D eigenvalue weighted by molar-refractivity contribution is 6.43. The number of Topliss-reactive ketones (excluding diaryl/α,β-unsaturated/α-hetero) is 1. The predicted molar refractivity (Wildman–Crippen MR) is 133 cm³/mol. The summed E-state index contributed by atoms with van der Waals surface area (Å²) in [6.07, 6.45) is 0.323. The highest BCUT2D eigenvalue weighted by atomic mass is 35.5. The van der Waals surface area contributed by atoms with Crippen LogP contribution in [0.4, 0.5) is 0 Å². The van der Waals surface area contributed by atoms with Gasteiger partial charge in [0.05, 0.1) is 35.4 Å². The topological polar surface area (TPSA) is 96.7 Å². The van der Waals surface area contributed by atoms with Crippen LogP contribution in [0.5, 0.6) is 5.75 Å². The molecule has 0 saturated carbocycles. The van der Waals surface area contributed by atoms with Crippen molar-refractivity contribution in [1.82, 2.24) is 4.90 Å². The van der Waals surface area contributed by atoms with Crippen molar-refractivity contribution in [3.05, 3.63) is 75.3 Å². The lowest BCUT2D eigenvalue weighted by Crippen LogP contribution is -2.37. The van der Waals surface area contributed by atoms with Gasteiger partial charge in [-0.25, -0.2) is 0 Å². The minimum atomic E-state index is -0.623. The zero-order valence-electron chi connectivity index (χ0n) is 19.1. The van der Waals surface area contributed by atoms with Crippen molar-refractivity contribution in [2.75, 3.05) is 27.3 Å². The number of carbonyl (C=O) groups excluding carboxylic acids is 3. The largest absolute Gasteiger partial charge is 0.495 e. The first-order chi connectivity index (χ1) is 16.8. The van der Waals surface area contributed by atoms with Crippen LogP contribution in [0.15, 0.2) is 48.5 Å². The summed E-state index contributed by atoms with van der Waals surface area (Å²) in [4.78, 5) is 39.8. The fourth-order valence-electron chi connectivity index (χ4n) is 3.75. The van der Waals surface area contributed by atoms with Crippen molar-refractivity contribution in [2.45, 2.75) is 12.8 Å². The number of methoxy groups -OCH3 is 2. The third kappa shape index (κ3) is 5.73. The second kappa shape index (κ2) is 11.7. The summed E-state index contributed by atoms with van der Waals surface area (Å²) in [6, 6.07) is 15.6. The smallest absolute Gasteiger partial charge is 0.325 e. The number of ketones is 1. The number of fused-ring (bicyclic) bond motifs is 1. The molecule has 7 nitrogen and oxygen atoms in total. The van der Waals surface area contributed by atoms with E-state index in [1.807, 2.05) is 0 Å². The maximum absolute atomic E-state index is 13.7. The molecule has 0 aliphatic rings. The molecule has 0 heterocycles. The minimum absolute atomic E-state index is 0.0706. The van der Waals surface area contributed by atoms with E-state index in [9.17, 15) is 19.6 Å². The van der Waals surface area contributed by atoms with E-state index < -0.39 is 11.9 Å². The van der Waals surface area contributed by atoms with Gasteiger partial charge in [-0.3, -0.25) is 14.4 Å². The SMILES string of the molecule is COC(=O)CN(CCCC(=O)c1cccc(Cl)c1Cl)C(=O)c1c(OC)c(C#N)cc2ccccc12. The van der Waals surface area contributed by atoms with Crippen LogP contribution in [0.1, 0.15) is 39.1 Å². The summed E-state index contributed by atoms with van der Waals surface area (Å²) < 4.78 is 10.2. The number of ether oxygens (including phenoxy) is 2. The highest BCUT2D eigenvalue weighted by Gasteiger charge is 2.27. The van der Waals surface area contributed by atoms with Crippen LogP contribution in [0.25, 0.3) is 10.8 Å². The molecule has 0 aliphatic heterocycles. The van der Waals surface area contributed by atoms with Crippen LogP contribution in [-0.2, 0) is 9.53 Å². The number of carbonyl (C=O) groups is 3. The van der Waals surface area contributed by atoms with E-state index in [4.69, 9.17) is 32.7 Å². The number of hydrogen-bond donors (Lipinski definition) is 0. The first kappa shape index (κ1) is 26.0. The van der Waals surface area contributed by atoms with Gasteiger partial charge in [-0.2, -0.15) is 5.26 Å². The summed E-state index contributed by atoms with van der Waals surface area (Å²) >= 11 is 12.1. The van der Waals surface area contributed by atoms with E-state index in [1.165, 1.54) is 19.1 Å². The molecule has 0 unspecified atom stereocenters. The molecule has 0 aliphatic carbocycles. The molecule has 3 aromatic carbocycles. The highest BCUT2D eigenvalue weighted by Crippen LogP contribution is 2.33. The van der Waals surface area contributed by atoms with Crippen LogP contribution in [0, 0.1) is 11.3 Å². The maximum Gasteiger partial charge on any atom is 0.325 e. The van der Waals surface area contributed by atoms with Gasteiger partial charge in [-0.15, -0.1) is 0 Å². The Morgan fingerprint density at radius 1 is 1.06 bits per heavy atom. The number of rotatable bonds is 9. The van der Waals surface area contributed by atoms with Crippen LogP contribution in [-0.4, -0.2) is 49.9 Å². The lowest BCUT2D eigenvalue weighted by atomic mass is 9.98. The van der Waals surface area contributed by atoms with Crippen LogP contribution < -0.4 is 4.74 Å². The lowest BCUT2D eigenvalue weighted by molar-refractivity contribution is -0.141. The molecule has 0 saturated heterocycles. The van der Waals surface area contributed by atoms with Crippen molar-refractivity contribution in [2.24, 2.45) is 0 Å². The van der Waals surface area contributed by atoms with Crippen LogP contribution in [0.3, 0.4) is 0 Å². The van der Waals surface area contributed by atoms with E-state index in [-0.39, 0.29) is 58.6 Å². The Balaban J connectivity index is 1.92. The van der Waals surface area contributed by atoms with Crippen molar-refractivity contribution >= 4 is 51.6 Å². The second-order valence-corrected chi connectivity index (χ2v) is 8.38. The Kier molecular flexibility index (Phi) is 8.69. The Hall–Kier alpha value is -3.60.